The minimum atomic E-state index is -3.72. The van der Waals surface area contributed by atoms with Crippen LogP contribution in [0.2, 0.25) is 0 Å². The summed E-state index contributed by atoms with van der Waals surface area (Å²) < 4.78 is 33.4. The van der Waals surface area contributed by atoms with Crippen LogP contribution in [0.15, 0.2) is 83.8 Å². The predicted molar refractivity (Wildman–Crippen MR) is 128 cm³/mol. The van der Waals surface area contributed by atoms with Crippen molar-refractivity contribution in [1.29, 1.82) is 0 Å². The van der Waals surface area contributed by atoms with E-state index in [0.29, 0.717) is 29.3 Å². The maximum absolute atomic E-state index is 12.8. The number of anilines is 2. The molecule has 168 valence electrons. The molecule has 0 aliphatic rings. The van der Waals surface area contributed by atoms with Crippen molar-refractivity contribution in [2.24, 2.45) is 0 Å². The Morgan fingerprint density at radius 1 is 0.812 bits per heavy atom. The summed E-state index contributed by atoms with van der Waals surface area (Å²) in [5.41, 5.74) is 1.41. The van der Waals surface area contributed by atoms with E-state index in [9.17, 15) is 13.2 Å². The molecule has 0 radical (unpaired) electrons. The first-order valence-electron chi connectivity index (χ1n) is 10.7. The second-order valence-corrected chi connectivity index (χ2v) is 9.04. The molecule has 0 aromatic heterocycles. The summed E-state index contributed by atoms with van der Waals surface area (Å²) in [6.45, 7) is 2.72. The molecular formula is C25H28N2O4S. The number of hydrogen-bond acceptors (Lipinski definition) is 4. The molecule has 3 aromatic rings. The van der Waals surface area contributed by atoms with Crippen LogP contribution in [-0.4, -0.2) is 20.9 Å². The normalized spacial score (nSPS) is 11.0. The summed E-state index contributed by atoms with van der Waals surface area (Å²) in [4.78, 5) is 12.9. The molecular weight excluding hydrogens is 424 g/mol. The van der Waals surface area contributed by atoms with E-state index in [2.05, 4.69) is 17.0 Å². The van der Waals surface area contributed by atoms with E-state index in [0.717, 1.165) is 25.7 Å². The maximum Gasteiger partial charge on any atom is 0.261 e. The van der Waals surface area contributed by atoms with Crippen molar-refractivity contribution in [2.75, 3.05) is 16.6 Å². The molecule has 0 aliphatic heterocycles. The van der Waals surface area contributed by atoms with Gasteiger partial charge < -0.3 is 10.1 Å². The van der Waals surface area contributed by atoms with Gasteiger partial charge in [-0.1, -0.05) is 56.5 Å². The van der Waals surface area contributed by atoms with E-state index in [-0.39, 0.29) is 10.8 Å². The van der Waals surface area contributed by atoms with Crippen molar-refractivity contribution >= 4 is 27.3 Å². The Balaban J connectivity index is 1.64. The molecule has 0 heterocycles. The van der Waals surface area contributed by atoms with Crippen LogP contribution >= 0.6 is 0 Å². The lowest BCUT2D eigenvalue weighted by atomic mass is 10.1. The van der Waals surface area contributed by atoms with Crippen molar-refractivity contribution in [3.8, 4) is 5.75 Å². The number of carbonyl (C=O) groups excluding carboxylic acids is 1. The van der Waals surface area contributed by atoms with Gasteiger partial charge in [-0.25, -0.2) is 8.42 Å². The molecule has 0 aliphatic carbocycles. The Labute approximate surface area is 189 Å². The first kappa shape index (κ1) is 23.3. The third kappa shape index (κ3) is 6.59. The minimum absolute atomic E-state index is 0.107. The van der Waals surface area contributed by atoms with Crippen molar-refractivity contribution in [1.82, 2.24) is 0 Å². The average molecular weight is 453 g/mol. The van der Waals surface area contributed by atoms with E-state index < -0.39 is 10.0 Å². The highest BCUT2D eigenvalue weighted by Crippen LogP contribution is 2.22. The molecule has 3 aromatic carbocycles. The smallest absolute Gasteiger partial charge is 0.261 e. The second kappa shape index (κ2) is 11.3. The third-order valence-corrected chi connectivity index (χ3v) is 6.23. The largest absolute Gasteiger partial charge is 0.493 e. The Morgan fingerprint density at radius 2 is 1.50 bits per heavy atom. The quantitative estimate of drug-likeness (QED) is 0.366. The first-order valence-corrected chi connectivity index (χ1v) is 12.2. The van der Waals surface area contributed by atoms with Gasteiger partial charge in [0.15, 0.2) is 0 Å². The molecule has 0 saturated carbocycles. The molecule has 3 rings (SSSR count). The second-order valence-electron chi connectivity index (χ2n) is 7.36. The van der Waals surface area contributed by atoms with Gasteiger partial charge in [-0.2, -0.15) is 0 Å². The lowest BCUT2D eigenvalue weighted by Gasteiger charge is -2.12. The van der Waals surface area contributed by atoms with Crippen LogP contribution in [0.4, 0.5) is 11.4 Å². The van der Waals surface area contributed by atoms with Gasteiger partial charge in [0.2, 0.25) is 0 Å². The van der Waals surface area contributed by atoms with Crippen LogP contribution in [0.25, 0.3) is 0 Å². The van der Waals surface area contributed by atoms with Crippen LogP contribution in [0.1, 0.15) is 43.0 Å². The predicted octanol–water partition coefficient (Wildman–Crippen LogP) is 5.70. The van der Waals surface area contributed by atoms with Gasteiger partial charge >= 0.3 is 0 Å². The molecule has 2 N–H and O–H groups in total. The maximum atomic E-state index is 12.8. The summed E-state index contributed by atoms with van der Waals surface area (Å²) in [6.07, 6.45) is 4.36. The van der Waals surface area contributed by atoms with Crippen LogP contribution in [0.3, 0.4) is 0 Å². The number of nitrogens with one attached hydrogen (secondary N) is 2. The minimum Gasteiger partial charge on any atom is -0.493 e. The van der Waals surface area contributed by atoms with Gasteiger partial charge in [0.1, 0.15) is 5.75 Å². The third-order valence-electron chi connectivity index (χ3n) is 4.84. The molecule has 0 unspecified atom stereocenters. The number of hydrogen-bond donors (Lipinski definition) is 2. The SMILES string of the molecule is CCCCCCOc1ccccc1C(=O)Nc1ccc(S(=O)(=O)Nc2ccccc2)cc1. The summed E-state index contributed by atoms with van der Waals surface area (Å²) >= 11 is 0. The Morgan fingerprint density at radius 3 is 2.22 bits per heavy atom. The zero-order valence-electron chi connectivity index (χ0n) is 18.1. The number of benzene rings is 3. The zero-order chi connectivity index (χ0) is 22.8. The molecule has 6 nitrogen and oxygen atoms in total. The topological polar surface area (TPSA) is 84.5 Å². The van der Waals surface area contributed by atoms with E-state index in [4.69, 9.17) is 4.74 Å². The fraction of sp³-hybridized carbons (Fsp3) is 0.240. The van der Waals surface area contributed by atoms with Crippen molar-refractivity contribution < 1.29 is 17.9 Å². The van der Waals surface area contributed by atoms with E-state index in [1.165, 1.54) is 12.1 Å². The number of carbonyl (C=O) groups is 1. The monoisotopic (exact) mass is 452 g/mol. The average Bonchev–Trinajstić information content (AvgIpc) is 2.80. The van der Waals surface area contributed by atoms with Crippen LogP contribution in [0, 0.1) is 0 Å². The van der Waals surface area contributed by atoms with E-state index in [1.807, 2.05) is 12.1 Å². The van der Waals surface area contributed by atoms with Gasteiger partial charge in [0.05, 0.1) is 17.1 Å². The lowest BCUT2D eigenvalue weighted by Crippen LogP contribution is -2.15. The molecule has 0 saturated heterocycles. The molecule has 0 fully saturated rings. The van der Waals surface area contributed by atoms with Crippen molar-refractivity contribution in [3.63, 3.8) is 0 Å². The first-order chi connectivity index (χ1) is 15.5. The van der Waals surface area contributed by atoms with Gasteiger partial charge in [-0.05, 0) is 55.0 Å². The van der Waals surface area contributed by atoms with E-state index >= 15 is 0 Å². The Kier molecular flexibility index (Phi) is 8.27. The van der Waals surface area contributed by atoms with Gasteiger partial charge in [0.25, 0.3) is 15.9 Å². The fourth-order valence-corrected chi connectivity index (χ4v) is 4.19. The van der Waals surface area contributed by atoms with Crippen LogP contribution < -0.4 is 14.8 Å². The lowest BCUT2D eigenvalue weighted by molar-refractivity contribution is 0.102. The van der Waals surface area contributed by atoms with Crippen molar-refractivity contribution in [3.05, 3.63) is 84.4 Å². The number of unbranched alkanes of at least 4 members (excludes halogenated alkanes) is 3. The number of rotatable bonds is 11. The molecule has 0 spiro atoms. The highest BCUT2D eigenvalue weighted by molar-refractivity contribution is 7.92. The fourth-order valence-electron chi connectivity index (χ4n) is 3.13. The van der Waals surface area contributed by atoms with E-state index in [1.54, 1.807) is 54.6 Å². The number of ether oxygens (including phenoxy) is 1. The van der Waals surface area contributed by atoms with Crippen LogP contribution in [-0.2, 0) is 10.0 Å². The van der Waals surface area contributed by atoms with Gasteiger partial charge in [0, 0.05) is 11.4 Å². The Hall–Kier alpha value is -3.32. The molecule has 0 atom stereocenters. The molecule has 1 amide bonds. The summed E-state index contributed by atoms with van der Waals surface area (Å²) in [5, 5.41) is 2.80. The highest BCUT2D eigenvalue weighted by atomic mass is 32.2. The molecule has 0 bridgehead atoms. The van der Waals surface area contributed by atoms with Crippen molar-refractivity contribution in [2.45, 2.75) is 37.5 Å². The number of sulfonamides is 1. The van der Waals surface area contributed by atoms with Gasteiger partial charge in [-0.15, -0.1) is 0 Å². The summed E-state index contributed by atoms with van der Waals surface area (Å²) in [6, 6.07) is 21.8. The standard InChI is InChI=1S/C25H28N2O4S/c1-2-3-4-10-19-31-24-14-9-8-13-23(24)25(28)26-20-15-17-22(18-16-20)32(29,30)27-21-11-6-5-7-12-21/h5-9,11-18,27H,2-4,10,19H2,1H3,(H,26,28). The summed E-state index contributed by atoms with van der Waals surface area (Å²) in [7, 11) is -3.72. The zero-order valence-corrected chi connectivity index (χ0v) is 18.9. The van der Waals surface area contributed by atoms with Crippen LogP contribution in [0.5, 0.6) is 5.75 Å². The summed E-state index contributed by atoms with van der Waals surface area (Å²) in [5.74, 6) is 0.222. The number of amides is 1. The molecule has 7 heteroatoms. The number of para-hydroxylation sites is 2. The van der Waals surface area contributed by atoms with Gasteiger partial charge in [-0.3, -0.25) is 9.52 Å². The highest BCUT2D eigenvalue weighted by Gasteiger charge is 2.16. The Bertz CT molecular complexity index is 1110. The molecule has 32 heavy (non-hydrogen) atoms.